The van der Waals surface area contributed by atoms with Crippen molar-refractivity contribution in [2.75, 3.05) is 13.2 Å². The van der Waals surface area contributed by atoms with E-state index in [2.05, 4.69) is 13.8 Å². The fraction of sp³-hybridized carbons (Fsp3) is 0.909. The van der Waals surface area contributed by atoms with Crippen molar-refractivity contribution in [2.24, 2.45) is 11.8 Å². The van der Waals surface area contributed by atoms with Crippen LogP contribution >= 0.6 is 0 Å². The van der Waals surface area contributed by atoms with E-state index in [1.807, 2.05) is 13.8 Å². The molecule has 0 saturated heterocycles. The van der Waals surface area contributed by atoms with Crippen LogP contribution in [-0.4, -0.2) is 37.7 Å². The van der Waals surface area contributed by atoms with Gasteiger partial charge in [-0.25, -0.2) is 9.59 Å². The SMILES string of the molecule is CCCCCC(CCC)COC(=O)OC1CCCCC1OC(=O)OCC(C)C. The average Bonchev–Trinajstić information content (AvgIpc) is 2.66. The molecule has 0 aromatic carbocycles. The minimum absolute atomic E-state index is 0.245. The maximum absolute atomic E-state index is 12.2. The lowest BCUT2D eigenvalue weighted by Crippen LogP contribution is -2.38. The van der Waals surface area contributed by atoms with Gasteiger partial charge in [-0.1, -0.05) is 53.4 Å². The van der Waals surface area contributed by atoms with Crippen LogP contribution in [0.1, 0.15) is 91.9 Å². The van der Waals surface area contributed by atoms with E-state index < -0.39 is 24.5 Å². The van der Waals surface area contributed by atoms with Gasteiger partial charge in [0.25, 0.3) is 0 Å². The van der Waals surface area contributed by atoms with Crippen LogP contribution in [0.5, 0.6) is 0 Å². The Kier molecular flexibility index (Phi) is 12.8. The molecule has 1 aliphatic carbocycles. The van der Waals surface area contributed by atoms with Crippen molar-refractivity contribution in [1.29, 1.82) is 0 Å². The van der Waals surface area contributed by atoms with Crippen LogP contribution in [0, 0.1) is 11.8 Å². The van der Waals surface area contributed by atoms with Gasteiger partial charge in [0, 0.05) is 0 Å². The molecular formula is C22H40O6. The van der Waals surface area contributed by atoms with Crippen LogP contribution < -0.4 is 0 Å². The second-order valence-electron chi connectivity index (χ2n) is 8.26. The highest BCUT2D eigenvalue weighted by atomic mass is 16.8. The normalized spacial score (nSPS) is 20.5. The van der Waals surface area contributed by atoms with Crippen molar-refractivity contribution < 1.29 is 28.5 Å². The highest BCUT2D eigenvalue weighted by molar-refractivity contribution is 5.61. The molecule has 1 rings (SSSR count). The van der Waals surface area contributed by atoms with E-state index in [1.165, 1.54) is 12.8 Å². The first-order valence-corrected chi connectivity index (χ1v) is 11.1. The second-order valence-corrected chi connectivity index (χ2v) is 8.26. The van der Waals surface area contributed by atoms with E-state index in [1.54, 1.807) is 0 Å². The van der Waals surface area contributed by atoms with E-state index >= 15 is 0 Å². The molecule has 0 aromatic rings. The molecule has 6 nitrogen and oxygen atoms in total. The summed E-state index contributed by atoms with van der Waals surface area (Å²) < 4.78 is 21.4. The van der Waals surface area contributed by atoms with Crippen molar-refractivity contribution in [3.63, 3.8) is 0 Å². The number of rotatable bonds is 12. The van der Waals surface area contributed by atoms with Gasteiger partial charge in [0.1, 0.15) is 12.2 Å². The van der Waals surface area contributed by atoms with Crippen molar-refractivity contribution >= 4 is 12.3 Å². The summed E-state index contributed by atoms with van der Waals surface area (Å²) >= 11 is 0. The highest BCUT2D eigenvalue weighted by Gasteiger charge is 2.32. The van der Waals surface area contributed by atoms with Crippen molar-refractivity contribution in [1.82, 2.24) is 0 Å². The molecule has 3 atom stereocenters. The summed E-state index contributed by atoms with van der Waals surface area (Å²) in [6.45, 7) is 8.96. The van der Waals surface area contributed by atoms with Gasteiger partial charge in [0.05, 0.1) is 13.2 Å². The molecule has 0 aliphatic heterocycles. The molecule has 0 radical (unpaired) electrons. The molecule has 164 valence electrons. The number of carbonyl (C=O) groups excluding carboxylic acids is 2. The predicted octanol–water partition coefficient (Wildman–Crippen LogP) is 6.26. The van der Waals surface area contributed by atoms with E-state index in [4.69, 9.17) is 18.9 Å². The topological polar surface area (TPSA) is 71.1 Å². The Balaban J connectivity index is 2.42. The number of unbranched alkanes of at least 4 members (excludes halogenated alkanes) is 2. The zero-order valence-electron chi connectivity index (χ0n) is 18.2. The summed E-state index contributed by atoms with van der Waals surface area (Å²) in [4.78, 5) is 24.0. The van der Waals surface area contributed by atoms with Crippen molar-refractivity contribution in [3.05, 3.63) is 0 Å². The lowest BCUT2D eigenvalue weighted by atomic mass is 9.94. The second kappa shape index (κ2) is 14.5. The van der Waals surface area contributed by atoms with Gasteiger partial charge in [0.2, 0.25) is 0 Å². The zero-order valence-corrected chi connectivity index (χ0v) is 18.2. The maximum Gasteiger partial charge on any atom is 0.508 e. The number of hydrogen-bond acceptors (Lipinski definition) is 6. The molecule has 3 unspecified atom stereocenters. The molecule has 0 N–H and O–H groups in total. The lowest BCUT2D eigenvalue weighted by Gasteiger charge is -2.30. The minimum Gasteiger partial charge on any atom is -0.434 e. The average molecular weight is 401 g/mol. The molecule has 0 bridgehead atoms. The van der Waals surface area contributed by atoms with Gasteiger partial charge >= 0.3 is 12.3 Å². The first-order valence-electron chi connectivity index (χ1n) is 11.1. The fourth-order valence-electron chi connectivity index (χ4n) is 3.47. The summed E-state index contributed by atoms with van der Waals surface area (Å²) in [5.41, 5.74) is 0. The van der Waals surface area contributed by atoms with Crippen LogP contribution in [0.2, 0.25) is 0 Å². The smallest absolute Gasteiger partial charge is 0.434 e. The van der Waals surface area contributed by atoms with Crippen molar-refractivity contribution in [3.8, 4) is 0 Å². The monoisotopic (exact) mass is 400 g/mol. The Morgan fingerprint density at radius 2 is 1.39 bits per heavy atom. The minimum atomic E-state index is -0.693. The molecule has 28 heavy (non-hydrogen) atoms. The Bertz CT molecular complexity index is 437. The Morgan fingerprint density at radius 1 is 0.821 bits per heavy atom. The molecule has 1 saturated carbocycles. The predicted molar refractivity (Wildman–Crippen MR) is 108 cm³/mol. The quantitative estimate of drug-likeness (QED) is 0.284. The summed E-state index contributed by atoms with van der Waals surface area (Å²) in [6, 6.07) is 0. The number of ether oxygens (including phenoxy) is 4. The summed E-state index contributed by atoms with van der Waals surface area (Å²) in [5.74, 6) is 0.628. The third kappa shape index (κ3) is 10.8. The van der Waals surface area contributed by atoms with E-state index in [0.29, 0.717) is 32.0 Å². The summed E-state index contributed by atoms with van der Waals surface area (Å²) in [5, 5.41) is 0. The van der Waals surface area contributed by atoms with Crippen LogP contribution in [0.3, 0.4) is 0 Å². The molecule has 1 aliphatic rings. The van der Waals surface area contributed by atoms with Crippen molar-refractivity contribution in [2.45, 2.75) is 104 Å². The van der Waals surface area contributed by atoms with Gasteiger partial charge < -0.3 is 18.9 Å². The van der Waals surface area contributed by atoms with Gasteiger partial charge in [-0.2, -0.15) is 0 Å². The van der Waals surface area contributed by atoms with E-state index in [9.17, 15) is 9.59 Å². The first-order chi connectivity index (χ1) is 13.5. The van der Waals surface area contributed by atoms with Crippen LogP contribution in [0.25, 0.3) is 0 Å². The van der Waals surface area contributed by atoms with Gasteiger partial charge in [0.15, 0.2) is 0 Å². The van der Waals surface area contributed by atoms with Crippen LogP contribution in [-0.2, 0) is 18.9 Å². The van der Waals surface area contributed by atoms with Crippen LogP contribution in [0.4, 0.5) is 9.59 Å². The molecule has 0 heterocycles. The summed E-state index contributed by atoms with van der Waals surface area (Å²) in [7, 11) is 0. The zero-order chi connectivity index (χ0) is 20.8. The van der Waals surface area contributed by atoms with E-state index in [-0.39, 0.29) is 5.92 Å². The maximum atomic E-state index is 12.2. The standard InChI is InChI=1S/C22H40O6/c1-5-7-8-12-18(11-6-2)16-26-22(24)28-20-14-10-9-13-19(20)27-21(23)25-15-17(3)4/h17-20H,5-16H2,1-4H3. The largest absolute Gasteiger partial charge is 0.508 e. The summed E-state index contributed by atoms with van der Waals surface area (Å²) in [6.07, 6.45) is 7.70. The molecule has 0 aromatic heterocycles. The number of hydrogen-bond donors (Lipinski definition) is 0. The van der Waals surface area contributed by atoms with Gasteiger partial charge in [-0.05, 0) is 50.4 Å². The first kappa shape index (κ1) is 24.6. The van der Waals surface area contributed by atoms with E-state index in [0.717, 1.165) is 38.5 Å². The van der Waals surface area contributed by atoms with Gasteiger partial charge in [-0.15, -0.1) is 0 Å². The molecule has 6 heteroatoms. The lowest BCUT2D eigenvalue weighted by molar-refractivity contribution is -0.0740. The van der Waals surface area contributed by atoms with Gasteiger partial charge in [-0.3, -0.25) is 0 Å². The third-order valence-electron chi connectivity index (χ3n) is 5.02. The molecule has 0 spiro atoms. The van der Waals surface area contributed by atoms with Crippen LogP contribution in [0.15, 0.2) is 0 Å². The number of carbonyl (C=O) groups is 2. The highest BCUT2D eigenvalue weighted by Crippen LogP contribution is 2.25. The molecule has 0 amide bonds. The third-order valence-corrected chi connectivity index (χ3v) is 5.02. The fourth-order valence-corrected chi connectivity index (χ4v) is 3.47. The molecule has 1 fully saturated rings. The Hall–Kier alpha value is -1.46. The Labute approximate surface area is 170 Å². The Morgan fingerprint density at radius 3 is 1.89 bits per heavy atom. The molecular weight excluding hydrogens is 360 g/mol.